The smallest absolute Gasteiger partial charge is 0.133 e. The Morgan fingerprint density at radius 1 is 1.47 bits per heavy atom. The summed E-state index contributed by atoms with van der Waals surface area (Å²) < 4.78 is 5.20. The van der Waals surface area contributed by atoms with E-state index in [9.17, 15) is 4.79 Å². The lowest BCUT2D eigenvalue weighted by molar-refractivity contribution is -0.120. The highest BCUT2D eigenvalue weighted by Crippen LogP contribution is 2.21. The van der Waals surface area contributed by atoms with Crippen molar-refractivity contribution in [2.24, 2.45) is 11.0 Å². The van der Waals surface area contributed by atoms with Gasteiger partial charge in [-0.05, 0) is 25.7 Å². The third-order valence-corrected chi connectivity index (χ3v) is 3.65. The number of carbonyl (C=O) groups is 1. The molecule has 2 atom stereocenters. The Labute approximate surface area is 103 Å². The fraction of sp³-hybridized carbons (Fsp3) is 0.846. The molecule has 0 aromatic heterocycles. The van der Waals surface area contributed by atoms with Gasteiger partial charge in [0.05, 0.1) is 12.6 Å². The Hall–Kier alpha value is -0.900. The molecule has 17 heavy (non-hydrogen) atoms. The SMILES string of the molecule is COC[C@@H]1CCCN1/N=C/[C@@H]1CCCC(=O)C1. The second-order valence-electron chi connectivity index (χ2n) is 5.07. The van der Waals surface area contributed by atoms with Gasteiger partial charge in [-0.15, -0.1) is 0 Å². The maximum atomic E-state index is 11.3. The van der Waals surface area contributed by atoms with Crippen molar-refractivity contribution in [3.8, 4) is 0 Å². The van der Waals surface area contributed by atoms with E-state index in [1.165, 1.54) is 6.42 Å². The second kappa shape index (κ2) is 6.15. The first-order chi connectivity index (χ1) is 8.29. The van der Waals surface area contributed by atoms with E-state index in [1.807, 2.05) is 6.21 Å². The average molecular weight is 238 g/mol. The van der Waals surface area contributed by atoms with Gasteiger partial charge in [-0.1, -0.05) is 0 Å². The summed E-state index contributed by atoms with van der Waals surface area (Å²) in [5.41, 5.74) is 0. The maximum Gasteiger partial charge on any atom is 0.133 e. The third kappa shape index (κ3) is 3.53. The molecule has 2 fully saturated rings. The van der Waals surface area contributed by atoms with Crippen molar-refractivity contribution in [1.29, 1.82) is 0 Å². The second-order valence-corrected chi connectivity index (χ2v) is 5.07. The van der Waals surface area contributed by atoms with Gasteiger partial charge < -0.3 is 4.74 Å². The summed E-state index contributed by atoms with van der Waals surface area (Å²) >= 11 is 0. The molecule has 0 spiro atoms. The van der Waals surface area contributed by atoms with Crippen molar-refractivity contribution in [1.82, 2.24) is 5.01 Å². The molecule has 1 saturated carbocycles. The lowest BCUT2D eigenvalue weighted by Gasteiger charge is -2.22. The van der Waals surface area contributed by atoms with Gasteiger partial charge in [-0.25, -0.2) is 0 Å². The lowest BCUT2D eigenvalue weighted by atomic mass is 9.89. The summed E-state index contributed by atoms with van der Waals surface area (Å²) in [6.45, 7) is 1.77. The molecule has 0 aromatic carbocycles. The predicted molar refractivity (Wildman–Crippen MR) is 67.1 cm³/mol. The largest absolute Gasteiger partial charge is 0.382 e. The summed E-state index contributed by atoms with van der Waals surface area (Å²) in [6, 6.07) is 0.426. The van der Waals surface area contributed by atoms with E-state index in [4.69, 9.17) is 4.74 Å². The van der Waals surface area contributed by atoms with Crippen LogP contribution in [0.1, 0.15) is 38.5 Å². The van der Waals surface area contributed by atoms with E-state index < -0.39 is 0 Å². The number of hydrazone groups is 1. The Morgan fingerprint density at radius 2 is 2.35 bits per heavy atom. The van der Waals surface area contributed by atoms with Crippen LogP contribution in [0, 0.1) is 5.92 Å². The van der Waals surface area contributed by atoms with Crippen molar-refractivity contribution in [3.63, 3.8) is 0 Å². The van der Waals surface area contributed by atoms with Crippen molar-refractivity contribution in [3.05, 3.63) is 0 Å². The van der Waals surface area contributed by atoms with Gasteiger partial charge in [0.25, 0.3) is 0 Å². The van der Waals surface area contributed by atoms with Crippen LogP contribution in [0.4, 0.5) is 0 Å². The average Bonchev–Trinajstić information content (AvgIpc) is 2.75. The van der Waals surface area contributed by atoms with E-state index in [2.05, 4.69) is 10.1 Å². The van der Waals surface area contributed by atoms with E-state index in [1.54, 1.807) is 7.11 Å². The zero-order valence-electron chi connectivity index (χ0n) is 10.6. The molecule has 0 aromatic rings. The summed E-state index contributed by atoms with van der Waals surface area (Å²) in [5.74, 6) is 0.752. The number of hydrogen-bond acceptors (Lipinski definition) is 4. The quantitative estimate of drug-likeness (QED) is 0.702. The van der Waals surface area contributed by atoms with Gasteiger partial charge in [-0.2, -0.15) is 5.10 Å². The van der Waals surface area contributed by atoms with Crippen LogP contribution in [0.5, 0.6) is 0 Å². The zero-order valence-corrected chi connectivity index (χ0v) is 10.6. The normalized spacial score (nSPS) is 30.4. The van der Waals surface area contributed by atoms with Gasteiger partial charge in [0, 0.05) is 38.6 Å². The molecule has 0 unspecified atom stereocenters. The van der Waals surface area contributed by atoms with E-state index in [0.29, 0.717) is 24.2 Å². The number of Topliss-reactive ketones (excluding diaryl/α,β-unsaturated/α-hetero) is 1. The van der Waals surface area contributed by atoms with Crippen LogP contribution in [0.3, 0.4) is 0 Å². The van der Waals surface area contributed by atoms with Gasteiger partial charge in [0.2, 0.25) is 0 Å². The first-order valence-electron chi connectivity index (χ1n) is 6.61. The first kappa shape index (κ1) is 12.6. The fourth-order valence-corrected chi connectivity index (χ4v) is 2.70. The highest BCUT2D eigenvalue weighted by molar-refractivity contribution is 5.82. The molecule has 1 heterocycles. The highest BCUT2D eigenvalue weighted by Gasteiger charge is 2.23. The van der Waals surface area contributed by atoms with E-state index in [-0.39, 0.29) is 0 Å². The summed E-state index contributed by atoms with van der Waals surface area (Å²) in [6.07, 6.45) is 7.93. The van der Waals surface area contributed by atoms with Crippen molar-refractivity contribution in [2.45, 2.75) is 44.6 Å². The van der Waals surface area contributed by atoms with Crippen LogP contribution in [-0.2, 0) is 9.53 Å². The van der Waals surface area contributed by atoms with E-state index in [0.717, 1.165) is 38.8 Å². The van der Waals surface area contributed by atoms with E-state index >= 15 is 0 Å². The molecule has 0 N–H and O–H groups in total. The summed E-state index contributed by atoms with van der Waals surface area (Å²) in [7, 11) is 1.74. The Morgan fingerprint density at radius 3 is 3.12 bits per heavy atom. The van der Waals surface area contributed by atoms with Crippen LogP contribution in [-0.4, -0.2) is 43.3 Å². The molecule has 4 heteroatoms. The number of rotatable bonds is 4. The monoisotopic (exact) mass is 238 g/mol. The molecule has 0 amide bonds. The van der Waals surface area contributed by atoms with Crippen molar-refractivity contribution >= 4 is 12.0 Å². The molecule has 4 nitrogen and oxygen atoms in total. The van der Waals surface area contributed by atoms with Crippen LogP contribution < -0.4 is 0 Å². The molecule has 0 radical (unpaired) electrons. The molecular weight excluding hydrogens is 216 g/mol. The molecule has 96 valence electrons. The minimum atomic E-state index is 0.361. The van der Waals surface area contributed by atoms with Gasteiger partial charge in [0.15, 0.2) is 0 Å². The molecule has 1 aliphatic heterocycles. The number of nitrogens with zero attached hydrogens (tertiary/aromatic N) is 2. The molecule has 2 rings (SSSR count). The number of methoxy groups -OCH3 is 1. The standard InChI is InChI=1S/C13H22N2O2/c1-17-10-12-5-3-7-15(12)14-9-11-4-2-6-13(16)8-11/h9,11-12H,2-8,10H2,1H3/b14-9+/t11-,12+/m1/s1. The summed E-state index contributed by atoms with van der Waals surface area (Å²) in [5, 5.41) is 6.69. The van der Waals surface area contributed by atoms with Crippen molar-refractivity contribution < 1.29 is 9.53 Å². The Kier molecular flexibility index (Phi) is 4.54. The molecule has 2 aliphatic rings. The van der Waals surface area contributed by atoms with Gasteiger partial charge in [0.1, 0.15) is 5.78 Å². The lowest BCUT2D eigenvalue weighted by Crippen LogP contribution is -2.29. The van der Waals surface area contributed by atoms with Crippen LogP contribution >= 0.6 is 0 Å². The number of hydrogen-bond donors (Lipinski definition) is 0. The number of ether oxygens (including phenoxy) is 1. The summed E-state index contributed by atoms with van der Waals surface area (Å²) in [4.78, 5) is 11.3. The fourth-order valence-electron chi connectivity index (χ4n) is 2.70. The number of ketones is 1. The van der Waals surface area contributed by atoms with Crippen molar-refractivity contribution in [2.75, 3.05) is 20.3 Å². The van der Waals surface area contributed by atoms with Crippen LogP contribution in [0.25, 0.3) is 0 Å². The minimum Gasteiger partial charge on any atom is -0.382 e. The number of carbonyl (C=O) groups excluding carboxylic acids is 1. The predicted octanol–water partition coefficient (Wildman–Crippen LogP) is 1.84. The maximum absolute atomic E-state index is 11.3. The first-order valence-corrected chi connectivity index (χ1v) is 6.61. The minimum absolute atomic E-state index is 0.361. The van der Waals surface area contributed by atoms with Crippen LogP contribution in [0.15, 0.2) is 5.10 Å². The Balaban J connectivity index is 1.84. The molecule has 1 saturated heterocycles. The van der Waals surface area contributed by atoms with Gasteiger partial charge >= 0.3 is 0 Å². The Bertz CT molecular complexity index is 291. The molecule has 0 bridgehead atoms. The highest BCUT2D eigenvalue weighted by atomic mass is 16.5. The molecule has 1 aliphatic carbocycles. The van der Waals surface area contributed by atoms with Crippen LogP contribution in [0.2, 0.25) is 0 Å². The topological polar surface area (TPSA) is 41.9 Å². The zero-order chi connectivity index (χ0) is 12.1. The third-order valence-electron chi connectivity index (χ3n) is 3.65. The molecular formula is C13H22N2O2. The van der Waals surface area contributed by atoms with Gasteiger partial charge in [-0.3, -0.25) is 9.80 Å².